The van der Waals surface area contributed by atoms with Gasteiger partial charge in [-0.05, 0) is 36.6 Å². The molecule has 2 aromatic rings. The summed E-state index contributed by atoms with van der Waals surface area (Å²) in [6, 6.07) is 10.5. The van der Waals surface area contributed by atoms with Crippen LogP contribution in [0.2, 0.25) is 0 Å². The largest absolute Gasteiger partial charge is 0.462 e. The Hall–Kier alpha value is -2.16. The van der Waals surface area contributed by atoms with Crippen molar-refractivity contribution < 1.29 is 13.5 Å². The van der Waals surface area contributed by atoms with Crippen LogP contribution in [0.25, 0.3) is 11.1 Å². The zero-order valence-electron chi connectivity index (χ0n) is 12.2. The maximum absolute atomic E-state index is 14.1. The van der Waals surface area contributed by atoms with Gasteiger partial charge in [0.25, 0.3) is 0 Å². The first-order valence-electron chi connectivity index (χ1n) is 7.02. The van der Waals surface area contributed by atoms with Crippen molar-refractivity contribution in [3.63, 3.8) is 0 Å². The van der Waals surface area contributed by atoms with Gasteiger partial charge in [-0.2, -0.15) is 4.39 Å². The average molecular weight is 288 g/mol. The summed E-state index contributed by atoms with van der Waals surface area (Å²) in [7, 11) is 0. The minimum Gasteiger partial charge on any atom is -0.462 e. The van der Waals surface area contributed by atoms with Gasteiger partial charge in [0.15, 0.2) is 11.6 Å². The van der Waals surface area contributed by atoms with E-state index < -0.39 is 11.6 Å². The van der Waals surface area contributed by atoms with E-state index in [-0.39, 0.29) is 11.3 Å². The summed E-state index contributed by atoms with van der Waals surface area (Å²) in [5, 5.41) is 0. The van der Waals surface area contributed by atoms with Crippen LogP contribution < -0.4 is 4.74 Å². The smallest absolute Gasteiger partial charge is 0.201 e. The third-order valence-corrected chi connectivity index (χ3v) is 3.18. The number of hydrogen-bond acceptors (Lipinski definition) is 1. The van der Waals surface area contributed by atoms with Crippen molar-refractivity contribution in [1.29, 1.82) is 0 Å². The molecular formula is C18H18F2O. The summed E-state index contributed by atoms with van der Waals surface area (Å²) in [6.07, 6.45) is 4.96. The highest BCUT2D eigenvalue weighted by atomic mass is 19.2. The highest BCUT2D eigenvalue weighted by Crippen LogP contribution is 2.30. The molecule has 0 heterocycles. The lowest BCUT2D eigenvalue weighted by atomic mass is 10.0. The molecule has 0 amide bonds. The molecule has 0 N–H and O–H groups in total. The molecule has 0 unspecified atom stereocenters. The fourth-order valence-corrected chi connectivity index (χ4v) is 2.13. The van der Waals surface area contributed by atoms with Gasteiger partial charge in [-0.3, -0.25) is 0 Å². The molecule has 0 fully saturated rings. The van der Waals surface area contributed by atoms with Crippen LogP contribution in [0.15, 0.2) is 48.7 Å². The summed E-state index contributed by atoms with van der Waals surface area (Å²) in [5.74, 6) is -1.97. The molecular weight excluding hydrogens is 270 g/mol. The van der Waals surface area contributed by atoms with Gasteiger partial charge in [-0.15, -0.1) is 0 Å². The van der Waals surface area contributed by atoms with Crippen molar-refractivity contribution in [3.8, 4) is 16.9 Å². The van der Waals surface area contributed by atoms with Crippen LogP contribution in [0.4, 0.5) is 8.78 Å². The number of benzene rings is 2. The number of rotatable bonds is 5. The Morgan fingerprint density at radius 2 is 1.71 bits per heavy atom. The van der Waals surface area contributed by atoms with Gasteiger partial charge in [0, 0.05) is 5.56 Å². The molecule has 0 spiro atoms. The molecule has 0 aliphatic carbocycles. The first kappa shape index (κ1) is 15.2. The Balaban J connectivity index is 2.33. The summed E-state index contributed by atoms with van der Waals surface area (Å²) in [4.78, 5) is 0. The van der Waals surface area contributed by atoms with Crippen molar-refractivity contribution in [2.24, 2.45) is 0 Å². The third kappa shape index (κ3) is 3.48. The van der Waals surface area contributed by atoms with E-state index in [4.69, 9.17) is 4.74 Å². The summed E-state index contributed by atoms with van der Waals surface area (Å²) in [5.41, 5.74) is 2.09. The minimum atomic E-state index is -0.969. The number of halogens is 2. The Bertz CT molecular complexity index is 630. The molecule has 0 aliphatic rings. The van der Waals surface area contributed by atoms with Crippen molar-refractivity contribution in [2.75, 3.05) is 0 Å². The van der Waals surface area contributed by atoms with Crippen LogP contribution in [0.1, 0.15) is 25.8 Å². The number of allylic oxidation sites excluding steroid dienone is 1. The van der Waals surface area contributed by atoms with Crippen LogP contribution >= 0.6 is 0 Å². The second-order valence-corrected chi connectivity index (χ2v) is 4.77. The maximum atomic E-state index is 14.1. The van der Waals surface area contributed by atoms with Gasteiger partial charge in [0.2, 0.25) is 5.82 Å². The number of hydrogen-bond donors (Lipinski definition) is 0. The third-order valence-electron chi connectivity index (χ3n) is 3.18. The summed E-state index contributed by atoms with van der Waals surface area (Å²) >= 11 is 0. The molecule has 0 atom stereocenters. The topological polar surface area (TPSA) is 9.23 Å². The van der Waals surface area contributed by atoms with Crippen molar-refractivity contribution in [2.45, 2.75) is 26.7 Å². The zero-order valence-corrected chi connectivity index (χ0v) is 12.2. The van der Waals surface area contributed by atoms with E-state index in [1.807, 2.05) is 24.3 Å². The van der Waals surface area contributed by atoms with Crippen molar-refractivity contribution in [3.05, 3.63) is 65.9 Å². The molecule has 3 heteroatoms. The Labute approximate surface area is 123 Å². The number of aryl methyl sites for hydroxylation is 1. The highest BCUT2D eigenvalue weighted by molar-refractivity contribution is 5.65. The van der Waals surface area contributed by atoms with E-state index in [2.05, 4.69) is 6.92 Å². The standard InChI is InChI=1S/C18H18F2O/c1-3-5-13-6-8-14(9-7-13)15-10-11-16(21-12-4-2)18(20)17(15)19/h4,6-12H,3,5H2,1-2H3/b12-4+. The van der Waals surface area contributed by atoms with E-state index in [0.717, 1.165) is 12.8 Å². The molecule has 110 valence electrons. The molecule has 0 saturated heterocycles. The Morgan fingerprint density at radius 3 is 2.33 bits per heavy atom. The lowest BCUT2D eigenvalue weighted by Gasteiger charge is -2.08. The quantitative estimate of drug-likeness (QED) is 0.660. The molecule has 1 nitrogen and oxygen atoms in total. The first-order chi connectivity index (χ1) is 10.2. The molecule has 2 aromatic carbocycles. The summed E-state index contributed by atoms with van der Waals surface area (Å²) in [6.45, 7) is 3.84. The second-order valence-electron chi connectivity index (χ2n) is 4.77. The molecule has 0 radical (unpaired) electrons. The van der Waals surface area contributed by atoms with Crippen LogP contribution in [0.5, 0.6) is 5.75 Å². The Morgan fingerprint density at radius 1 is 1.00 bits per heavy atom. The predicted octanol–water partition coefficient (Wildman–Crippen LogP) is 5.50. The second kappa shape index (κ2) is 7.02. The molecule has 0 bridgehead atoms. The molecule has 0 saturated carbocycles. The monoisotopic (exact) mass is 288 g/mol. The fraction of sp³-hybridized carbons (Fsp3) is 0.222. The molecule has 21 heavy (non-hydrogen) atoms. The van der Waals surface area contributed by atoms with Crippen molar-refractivity contribution >= 4 is 0 Å². The van der Waals surface area contributed by atoms with E-state index in [1.54, 1.807) is 13.0 Å². The molecule has 2 rings (SSSR count). The van der Waals surface area contributed by atoms with Crippen LogP contribution in [-0.4, -0.2) is 0 Å². The van der Waals surface area contributed by atoms with Crippen LogP contribution in [0, 0.1) is 11.6 Å². The number of ether oxygens (including phenoxy) is 1. The lowest BCUT2D eigenvalue weighted by molar-refractivity contribution is 0.415. The van der Waals surface area contributed by atoms with Gasteiger partial charge in [-0.1, -0.05) is 43.7 Å². The van der Waals surface area contributed by atoms with Gasteiger partial charge in [0.05, 0.1) is 6.26 Å². The normalized spacial score (nSPS) is 11.0. The predicted molar refractivity (Wildman–Crippen MR) is 81.2 cm³/mol. The fourth-order valence-electron chi connectivity index (χ4n) is 2.13. The maximum Gasteiger partial charge on any atom is 0.201 e. The first-order valence-corrected chi connectivity index (χ1v) is 7.02. The SMILES string of the molecule is C/C=C/Oc1ccc(-c2ccc(CCC)cc2)c(F)c1F. The zero-order chi connectivity index (χ0) is 15.2. The lowest BCUT2D eigenvalue weighted by Crippen LogP contribution is -1.95. The minimum absolute atomic E-state index is 0.114. The van der Waals surface area contributed by atoms with Gasteiger partial charge in [-0.25, -0.2) is 4.39 Å². The van der Waals surface area contributed by atoms with Crippen LogP contribution in [-0.2, 0) is 6.42 Å². The highest BCUT2D eigenvalue weighted by Gasteiger charge is 2.15. The van der Waals surface area contributed by atoms with Crippen molar-refractivity contribution in [1.82, 2.24) is 0 Å². The molecule has 0 aromatic heterocycles. The van der Waals surface area contributed by atoms with E-state index >= 15 is 0 Å². The average Bonchev–Trinajstić information content (AvgIpc) is 2.50. The van der Waals surface area contributed by atoms with Gasteiger partial charge >= 0.3 is 0 Å². The summed E-state index contributed by atoms with van der Waals surface area (Å²) < 4.78 is 33.1. The Kier molecular flexibility index (Phi) is 5.09. The van der Waals surface area contributed by atoms with E-state index in [1.165, 1.54) is 24.0 Å². The molecule has 0 aliphatic heterocycles. The van der Waals surface area contributed by atoms with Crippen LogP contribution in [0.3, 0.4) is 0 Å². The van der Waals surface area contributed by atoms with E-state index in [9.17, 15) is 8.78 Å². The van der Waals surface area contributed by atoms with E-state index in [0.29, 0.717) is 5.56 Å². The van der Waals surface area contributed by atoms with Gasteiger partial charge < -0.3 is 4.74 Å². The van der Waals surface area contributed by atoms with Gasteiger partial charge in [0.1, 0.15) is 0 Å².